The summed E-state index contributed by atoms with van der Waals surface area (Å²) in [6.45, 7) is 4.02. The van der Waals surface area contributed by atoms with Crippen LogP contribution < -0.4 is 5.73 Å². The lowest BCUT2D eigenvalue weighted by Crippen LogP contribution is -2.32. The molecule has 1 saturated carbocycles. The van der Waals surface area contributed by atoms with Gasteiger partial charge in [0, 0.05) is 19.1 Å². The summed E-state index contributed by atoms with van der Waals surface area (Å²) in [6.07, 6.45) is 6.66. The van der Waals surface area contributed by atoms with Crippen molar-refractivity contribution in [3.63, 3.8) is 0 Å². The van der Waals surface area contributed by atoms with Crippen LogP contribution in [0.25, 0.3) is 0 Å². The summed E-state index contributed by atoms with van der Waals surface area (Å²) < 4.78 is 5.10. The molecule has 1 heterocycles. The van der Waals surface area contributed by atoms with Crippen LogP contribution in [0.2, 0.25) is 0 Å². The average molecular weight is 200 g/mol. The number of ether oxygens (including phenoxy) is 1. The second kappa shape index (κ2) is 7.21. The number of nitrogens with two attached hydrogens (primary N) is 1. The Morgan fingerprint density at radius 3 is 1.93 bits per heavy atom. The number of morpholine rings is 1. The SMILES string of the molecule is CN1CCOCC1.NC1CCCCC1. The summed E-state index contributed by atoms with van der Waals surface area (Å²) in [5, 5.41) is 0. The van der Waals surface area contributed by atoms with Crippen LogP contribution in [0.5, 0.6) is 0 Å². The van der Waals surface area contributed by atoms with Crippen molar-refractivity contribution < 1.29 is 4.74 Å². The van der Waals surface area contributed by atoms with Gasteiger partial charge in [0.2, 0.25) is 0 Å². The Bertz CT molecular complexity index is 113. The van der Waals surface area contributed by atoms with Crippen LogP contribution in [0.1, 0.15) is 32.1 Å². The Hall–Kier alpha value is -0.120. The molecule has 0 bridgehead atoms. The van der Waals surface area contributed by atoms with Gasteiger partial charge in [0.1, 0.15) is 0 Å². The zero-order valence-electron chi connectivity index (χ0n) is 9.37. The fraction of sp³-hybridized carbons (Fsp3) is 1.00. The van der Waals surface area contributed by atoms with Crippen LogP contribution in [0.4, 0.5) is 0 Å². The third-order valence-electron chi connectivity index (χ3n) is 2.88. The number of likely N-dealkylation sites (N-methyl/N-ethyl adjacent to an activating group) is 1. The molecule has 0 radical (unpaired) electrons. The van der Waals surface area contributed by atoms with Crippen LogP contribution in [0, 0.1) is 0 Å². The predicted octanol–water partition coefficient (Wildman–Crippen LogP) is 1.23. The first-order valence-corrected chi connectivity index (χ1v) is 5.81. The first-order chi connectivity index (χ1) is 6.79. The van der Waals surface area contributed by atoms with Gasteiger partial charge in [-0.1, -0.05) is 19.3 Å². The molecular weight excluding hydrogens is 176 g/mol. The smallest absolute Gasteiger partial charge is 0.0594 e. The Kier molecular flexibility index (Phi) is 6.15. The lowest BCUT2D eigenvalue weighted by molar-refractivity contribution is 0.0503. The standard InChI is InChI=1S/C6H13N.C5H11NO/c7-6-4-2-1-3-5-6;1-6-2-4-7-5-3-6/h6H,1-5,7H2;2-5H2,1H3. The van der Waals surface area contributed by atoms with E-state index in [1.807, 2.05) is 0 Å². The molecule has 3 heteroatoms. The molecule has 0 atom stereocenters. The summed E-state index contributed by atoms with van der Waals surface area (Å²) in [4.78, 5) is 2.27. The van der Waals surface area contributed by atoms with Crippen molar-refractivity contribution in [2.24, 2.45) is 5.73 Å². The number of rotatable bonds is 0. The minimum Gasteiger partial charge on any atom is -0.379 e. The molecule has 14 heavy (non-hydrogen) atoms. The van der Waals surface area contributed by atoms with Gasteiger partial charge in [0.15, 0.2) is 0 Å². The van der Waals surface area contributed by atoms with E-state index in [4.69, 9.17) is 10.5 Å². The molecule has 0 amide bonds. The second-order valence-electron chi connectivity index (χ2n) is 4.31. The van der Waals surface area contributed by atoms with Crippen molar-refractivity contribution in [1.82, 2.24) is 4.90 Å². The van der Waals surface area contributed by atoms with E-state index in [1.54, 1.807) is 0 Å². The van der Waals surface area contributed by atoms with Gasteiger partial charge < -0.3 is 15.4 Å². The van der Waals surface area contributed by atoms with Gasteiger partial charge in [0.25, 0.3) is 0 Å². The van der Waals surface area contributed by atoms with Crippen LogP contribution in [-0.2, 0) is 4.74 Å². The highest BCUT2D eigenvalue weighted by Crippen LogP contribution is 2.14. The predicted molar refractivity (Wildman–Crippen MR) is 59.4 cm³/mol. The van der Waals surface area contributed by atoms with Crippen LogP contribution in [0.15, 0.2) is 0 Å². The number of hydrogen-bond acceptors (Lipinski definition) is 3. The molecular formula is C11H24N2O. The third-order valence-corrected chi connectivity index (χ3v) is 2.88. The van der Waals surface area contributed by atoms with Gasteiger partial charge in [-0.25, -0.2) is 0 Å². The second-order valence-corrected chi connectivity index (χ2v) is 4.31. The molecule has 0 aromatic carbocycles. The van der Waals surface area contributed by atoms with Gasteiger partial charge in [-0.05, 0) is 19.9 Å². The van der Waals surface area contributed by atoms with Crippen molar-refractivity contribution in [3.8, 4) is 0 Å². The molecule has 1 saturated heterocycles. The molecule has 0 aromatic rings. The molecule has 1 aliphatic heterocycles. The van der Waals surface area contributed by atoms with E-state index >= 15 is 0 Å². The first kappa shape index (κ1) is 12.0. The van der Waals surface area contributed by atoms with Crippen LogP contribution in [0.3, 0.4) is 0 Å². The van der Waals surface area contributed by atoms with E-state index in [-0.39, 0.29) is 0 Å². The average Bonchev–Trinajstić information content (AvgIpc) is 2.21. The van der Waals surface area contributed by atoms with Crippen LogP contribution in [-0.4, -0.2) is 44.3 Å². The molecule has 1 aliphatic carbocycles. The quantitative estimate of drug-likeness (QED) is 0.639. The van der Waals surface area contributed by atoms with Crippen molar-refractivity contribution in [2.45, 2.75) is 38.1 Å². The molecule has 2 aliphatic rings. The van der Waals surface area contributed by atoms with Gasteiger partial charge in [-0.15, -0.1) is 0 Å². The van der Waals surface area contributed by atoms with Gasteiger partial charge in [-0.3, -0.25) is 0 Å². The molecule has 2 N–H and O–H groups in total. The van der Waals surface area contributed by atoms with E-state index in [2.05, 4.69) is 11.9 Å². The monoisotopic (exact) mass is 200 g/mol. The van der Waals surface area contributed by atoms with E-state index in [1.165, 1.54) is 32.1 Å². The maximum atomic E-state index is 5.63. The topological polar surface area (TPSA) is 38.5 Å². The highest BCUT2D eigenvalue weighted by Gasteiger charge is 2.06. The fourth-order valence-electron chi connectivity index (χ4n) is 1.79. The number of hydrogen-bond donors (Lipinski definition) is 1. The van der Waals surface area contributed by atoms with Crippen molar-refractivity contribution in [3.05, 3.63) is 0 Å². The Balaban J connectivity index is 0.000000140. The molecule has 0 unspecified atom stereocenters. The fourth-order valence-corrected chi connectivity index (χ4v) is 1.79. The molecule has 0 spiro atoms. The highest BCUT2D eigenvalue weighted by molar-refractivity contribution is 4.66. The minimum atomic E-state index is 0.536. The van der Waals surface area contributed by atoms with Gasteiger partial charge >= 0.3 is 0 Å². The van der Waals surface area contributed by atoms with E-state index in [0.29, 0.717) is 6.04 Å². The lowest BCUT2D eigenvalue weighted by Gasteiger charge is -2.21. The zero-order valence-corrected chi connectivity index (χ0v) is 9.37. The summed E-state index contributed by atoms with van der Waals surface area (Å²) in [6, 6.07) is 0.536. The summed E-state index contributed by atoms with van der Waals surface area (Å²) in [5.74, 6) is 0. The zero-order chi connectivity index (χ0) is 10.2. The summed E-state index contributed by atoms with van der Waals surface area (Å²) in [7, 11) is 2.11. The Labute approximate surface area is 87.6 Å². The van der Waals surface area contributed by atoms with Gasteiger partial charge in [0.05, 0.1) is 13.2 Å². The maximum Gasteiger partial charge on any atom is 0.0594 e. The highest BCUT2D eigenvalue weighted by atomic mass is 16.5. The minimum absolute atomic E-state index is 0.536. The third kappa shape index (κ3) is 5.58. The van der Waals surface area contributed by atoms with Crippen molar-refractivity contribution in [2.75, 3.05) is 33.4 Å². The van der Waals surface area contributed by atoms with Gasteiger partial charge in [-0.2, -0.15) is 0 Å². The molecule has 2 rings (SSSR count). The first-order valence-electron chi connectivity index (χ1n) is 5.81. The number of nitrogens with zero attached hydrogens (tertiary/aromatic N) is 1. The Morgan fingerprint density at radius 1 is 1.07 bits per heavy atom. The lowest BCUT2D eigenvalue weighted by atomic mass is 9.97. The van der Waals surface area contributed by atoms with Crippen molar-refractivity contribution in [1.29, 1.82) is 0 Å². The normalized spacial score (nSPS) is 25.3. The van der Waals surface area contributed by atoms with E-state index < -0.39 is 0 Å². The largest absolute Gasteiger partial charge is 0.379 e. The van der Waals surface area contributed by atoms with Crippen molar-refractivity contribution >= 4 is 0 Å². The molecule has 3 nitrogen and oxygen atoms in total. The summed E-state index contributed by atoms with van der Waals surface area (Å²) >= 11 is 0. The molecule has 84 valence electrons. The molecule has 0 aromatic heterocycles. The molecule has 2 fully saturated rings. The van der Waals surface area contributed by atoms with E-state index in [0.717, 1.165) is 26.3 Å². The Morgan fingerprint density at radius 2 is 1.64 bits per heavy atom. The summed E-state index contributed by atoms with van der Waals surface area (Å²) in [5.41, 5.74) is 5.63. The van der Waals surface area contributed by atoms with E-state index in [9.17, 15) is 0 Å². The van der Waals surface area contributed by atoms with Crippen LogP contribution >= 0.6 is 0 Å². The maximum absolute atomic E-state index is 5.63.